The summed E-state index contributed by atoms with van der Waals surface area (Å²) in [5.41, 5.74) is 9.89. The number of rotatable bonds is 7. The third-order valence-electron chi connectivity index (χ3n) is 5.82. The van der Waals surface area contributed by atoms with Crippen molar-refractivity contribution in [3.8, 4) is 0 Å². The van der Waals surface area contributed by atoms with Crippen molar-refractivity contribution >= 4 is 17.8 Å². The fourth-order valence-corrected chi connectivity index (χ4v) is 4.75. The van der Waals surface area contributed by atoms with Crippen molar-refractivity contribution < 1.29 is 0 Å². The molecular weight excluding hydrogens is 392 g/mol. The minimum absolute atomic E-state index is 0.0665. The van der Waals surface area contributed by atoms with Gasteiger partial charge in [0.2, 0.25) is 10.9 Å². The average Bonchev–Trinajstić information content (AvgIpc) is 3.33. The predicted octanol–water partition coefficient (Wildman–Crippen LogP) is 4.08. The standard InChI is InChI=1S/C25H24N2O2S/c1-16(18-5-7-19(8-6-18)20-11-14-30-15-20)23(26)22-21(24(28)25(22)29)4-2-3-17-9-12-27-13-10-17/h2,4-14,16,20,23H,3,15,26H2,1H3/b4-2+. The molecule has 0 spiro atoms. The summed E-state index contributed by atoms with van der Waals surface area (Å²) in [5.74, 6) is 1.47. The van der Waals surface area contributed by atoms with E-state index < -0.39 is 16.9 Å². The van der Waals surface area contributed by atoms with Gasteiger partial charge in [0.25, 0.3) is 0 Å². The molecule has 1 aliphatic rings. The third-order valence-corrected chi connectivity index (χ3v) is 6.72. The number of benzene rings is 1. The minimum atomic E-state index is -0.511. The maximum absolute atomic E-state index is 12.3. The number of pyridine rings is 1. The van der Waals surface area contributed by atoms with Gasteiger partial charge in [0, 0.05) is 47.2 Å². The van der Waals surface area contributed by atoms with Crippen molar-refractivity contribution in [3.63, 3.8) is 0 Å². The van der Waals surface area contributed by atoms with Crippen LogP contribution in [0.25, 0.3) is 6.08 Å². The molecule has 0 bridgehead atoms. The molecule has 3 atom stereocenters. The lowest BCUT2D eigenvalue weighted by atomic mass is 9.83. The van der Waals surface area contributed by atoms with E-state index in [9.17, 15) is 9.59 Å². The van der Waals surface area contributed by atoms with Crippen LogP contribution in [-0.2, 0) is 6.42 Å². The molecule has 0 aliphatic carbocycles. The number of thioether (sulfide) groups is 1. The Kier molecular flexibility index (Phi) is 6.11. The number of hydrogen-bond acceptors (Lipinski definition) is 5. The van der Waals surface area contributed by atoms with Crippen molar-refractivity contribution in [2.75, 3.05) is 5.75 Å². The molecular formula is C25H24N2O2S. The Morgan fingerprint density at radius 1 is 1.13 bits per heavy atom. The van der Waals surface area contributed by atoms with Gasteiger partial charge in [-0.05, 0) is 40.7 Å². The van der Waals surface area contributed by atoms with Gasteiger partial charge in [-0.25, -0.2) is 0 Å². The number of nitrogens with two attached hydrogens (primary N) is 1. The molecule has 2 N–H and O–H groups in total. The van der Waals surface area contributed by atoms with E-state index in [0.717, 1.165) is 16.9 Å². The van der Waals surface area contributed by atoms with Crippen LogP contribution < -0.4 is 16.6 Å². The molecule has 1 aromatic heterocycles. The van der Waals surface area contributed by atoms with Crippen molar-refractivity contribution in [1.82, 2.24) is 4.98 Å². The molecule has 1 aliphatic heterocycles. The van der Waals surface area contributed by atoms with Crippen LogP contribution >= 0.6 is 11.8 Å². The van der Waals surface area contributed by atoms with Crippen molar-refractivity contribution in [3.05, 3.63) is 115 Å². The van der Waals surface area contributed by atoms with Gasteiger partial charge in [-0.15, -0.1) is 11.8 Å². The Morgan fingerprint density at radius 2 is 1.87 bits per heavy atom. The van der Waals surface area contributed by atoms with Crippen LogP contribution in [0.5, 0.6) is 0 Å². The van der Waals surface area contributed by atoms with E-state index >= 15 is 0 Å². The van der Waals surface area contributed by atoms with E-state index in [1.165, 1.54) is 5.56 Å². The summed E-state index contributed by atoms with van der Waals surface area (Å²) in [6.07, 6.45) is 9.99. The minimum Gasteiger partial charge on any atom is -0.323 e. The molecule has 152 valence electrons. The van der Waals surface area contributed by atoms with Gasteiger partial charge in [0.1, 0.15) is 0 Å². The molecule has 0 saturated carbocycles. The van der Waals surface area contributed by atoms with Crippen LogP contribution in [-0.4, -0.2) is 10.7 Å². The number of allylic oxidation sites excluding steroid dienone is 2. The summed E-state index contributed by atoms with van der Waals surface area (Å²) in [7, 11) is 0. The number of hydrogen-bond donors (Lipinski definition) is 1. The second-order valence-electron chi connectivity index (χ2n) is 7.70. The first-order valence-electron chi connectivity index (χ1n) is 10.1. The molecule has 30 heavy (non-hydrogen) atoms. The molecule has 0 amide bonds. The molecule has 5 heteroatoms. The molecule has 2 heterocycles. The summed E-state index contributed by atoms with van der Waals surface area (Å²) in [6.45, 7) is 2.01. The van der Waals surface area contributed by atoms with Crippen LogP contribution in [0, 0.1) is 0 Å². The quantitative estimate of drug-likeness (QED) is 0.588. The molecule has 3 unspecified atom stereocenters. The molecule has 0 saturated heterocycles. The van der Waals surface area contributed by atoms with Crippen LogP contribution in [0.3, 0.4) is 0 Å². The molecule has 3 aromatic rings. The highest BCUT2D eigenvalue weighted by Crippen LogP contribution is 2.33. The smallest absolute Gasteiger partial charge is 0.233 e. The maximum atomic E-state index is 12.3. The highest BCUT2D eigenvalue weighted by atomic mass is 32.2. The van der Waals surface area contributed by atoms with Crippen LogP contribution in [0.4, 0.5) is 0 Å². The van der Waals surface area contributed by atoms with Gasteiger partial charge in [-0.2, -0.15) is 0 Å². The first-order valence-corrected chi connectivity index (χ1v) is 11.1. The molecule has 0 radical (unpaired) electrons. The Bertz CT molecular complexity index is 1140. The lowest BCUT2D eigenvalue weighted by Crippen LogP contribution is -2.42. The number of nitrogens with zero attached hydrogens (tertiary/aromatic N) is 1. The van der Waals surface area contributed by atoms with E-state index in [-0.39, 0.29) is 5.92 Å². The molecule has 2 aromatic carbocycles. The van der Waals surface area contributed by atoms with Crippen molar-refractivity contribution in [2.24, 2.45) is 5.73 Å². The summed E-state index contributed by atoms with van der Waals surface area (Å²) >= 11 is 1.83. The van der Waals surface area contributed by atoms with Crippen LogP contribution in [0.1, 0.15) is 52.6 Å². The highest BCUT2D eigenvalue weighted by Gasteiger charge is 2.28. The number of aromatic nitrogens is 1. The third kappa shape index (κ3) is 4.09. The molecule has 4 nitrogen and oxygen atoms in total. The summed E-state index contributed by atoms with van der Waals surface area (Å²) < 4.78 is 0. The van der Waals surface area contributed by atoms with E-state index in [1.54, 1.807) is 18.5 Å². The first kappa shape index (κ1) is 20.5. The summed E-state index contributed by atoms with van der Waals surface area (Å²) in [6, 6.07) is 11.8. The Labute approximate surface area is 180 Å². The van der Waals surface area contributed by atoms with Crippen molar-refractivity contribution in [1.29, 1.82) is 0 Å². The normalized spacial score (nSPS) is 18.3. The average molecular weight is 417 g/mol. The lowest BCUT2D eigenvalue weighted by Gasteiger charge is -2.23. The summed E-state index contributed by atoms with van der Waals surface area (Å²) in [4.78, 5) is 28.4. The van der Waals surface area contributed by atoms with E-state index in [2.05, 4.69) is 40.7 Å². The van der Waals surface area contributed by atoms with E-state index in [0.29, 0.717) is 23.5 Å². The zero-order valence-electron chi connectivity index (χ0n) is 16.8. The van der Waals surface area contributed by atoms with Crippen LogP contribution in [0.15, 0.2) is 75.9 Å². The maximum Gasteiger partial charge on any atom is 0.233 e. The Hall–Kier alpha value is -2.76. The molecule has 0 fully saturated rings. The lowest BCUT2D eigenvalue weighted by molar-refractivity contribution is 0.588. The highest BCUT2D eigenvalue weighted by molar-refractivity contribution is 8.02. The summed E-state index contributed by atoms with van der Waals surface area (Å²) in [5, 5.41) is 2.15. The van der Waals surface area contributed by atoms with Gasteiger partial charge in [0.15, 0.2) is 0 Å². The Balaban J connectivity index is 1.49. The van der Waals surface area contributed by atoms with Gasteiger partial charge in [-0.1, -0.05) is 49.4 Å². The zero-order valence-corrected chi connectivity index (χ0v) is 17.6. The van der Waals surface area contributed by atoms with Gasteiger partial charge in [0.05, 0.1) is 0 Å². The molecule has 4 rings (SSSR count). The first-order chi connectivity index (χ1) is 14.6. The van der Waals surface area contributed by atoms with E-state index in [1.807, 2.05) is 36.9 Å². The van der Waals surface area contributed by atoms with Gasteiger partial charge in [-0.3, -0.25) is 14.6 Å². The second kappa shape index (κ2) is 8.94. The zero-order chi connectivity index (χ0) is 21.1. The predicted molar refractivity (Wildman–Crippen MR) is 124 cm³/mol. The second-order valence-corrected chi connectivity index (χ2v) is 8.64. The largest absolute Gasteiger partial charge is 0.323 e. The van der Waals surface area contributed by atoms with Crippen LogP contribution in [0.2, 0.25) is 0 Å². The fourth-order valence-electron chi connectivity index (χ4n) is 3.83. The van der Waals surface area contributed by atoms with Gasteiger partial charge < -0.3 is 5.73 Å². The van der Waals surface area contributed by atoms with Crippen molar-refractivity contribution in [2.45, 2.75) is 31.2 Å². The van der Waals surface area contributed by atoms with E-state index in [4.69, 9.17) is 5.73 Å². The fraction of sp³-hybridized carbons (Fsp3) is 0.240. The van der Waals surface area contributed by atoms with Gasteiger partial charge >= 0.3 is 0 Å². The Morgan fingerprint density at radius 3 is 2.53 bits per heavy atom. The topological polar surface area (TPSA) is 73.0 Å². The SMILES string of the molecule is CC(c1ccc(C2C=CSC2)cc1)C(N)c1c(/C=C/Cc2ccncc2)c(=O)c1=O. The monoisotopic (exact) mass is 416 g/mol.